The van der Waals surface area contributed by atoms with E-state index in [9.17, 15) is 4.79 Å². The van der Waals surface area contributed by atoms with Crippen molar-refractivity contribution >= 4 is 5.91 Å². The summed E-state index contributed by atoms with van der Waals surface area (Å²) in [7, 11) is 0. The van der Waals surface area contributed by atoms with Crippen LogP contribution < -0.4 is 0 Å². The average molecular weight is 230 g/mol. The fourth-order valence-corrected chi connectivity index (χ4v) is 1.95. The summed E-state index contributed by atoms with van der Waals surface area (Å²) < 4.78 is 5.30. The van der Waals surface area contributed by atoms with Gasteiger partial charge in [0.15, 0.2) is 0 Å². The van der Waals surface area contributed by atoms with E-state index in [4.69, 9.17) is 10.00 Å². The lowest BCUT2D eigenvalue weighted by molar-refractivity contribution is 0.00358. The highest BCUT2D eigenvalue weighted by Crippen LogP contribution is 2.15. The Morgan fingerprint density at radius 1 is 1.53 bits per heavy atom. The van der Waals surface area contributed by atoms with Gasteiger partial charge < -0.3 is 9.64 Å². The molecule has 88 valence electrons. The Labute approximate surface area is 100 Å². The van der Waals surface area contributed by atoms with Crippen LogP contribution in [-0.2, 0) is 4.74 Å². The Morgan fingerprint density at radius 3 is 3.00 bits per heavy atom. The molecule has 0 bridgehead atoms. The highest BCUT2D eigenvalue weighted by Gasteiger charge is 2.25. The van der Waals surface area contributed by atoms with Gasteiger partial charge in [0, 0.05) is 6.54 Å². The third-order valence-corrected chi connectivity index (χ3v) is 2.91. The number of hydrogen-bond acceptors (Lipinski definition) is 3. The van der Waals surface area contributed by atoms with Gasteiger partial charge in [0.1, 0.15) is 0 Å². The van der Waals surface area contributed by atoms with Crippen LogP contribution in [0.4, 0.5) is 0 Å². The van der Waals surface area contributed by atoms with Gasteiger partial charge in [-0.05, 0) is 19.1 Å². The van der Waals surface area contributed by atoms with Crippen LogP contribution in [0.25, 0.3) is 0 Å². The third kappa shape index (κ3) is 2.29. The lowest BCUT2D eigenvalue weighted by Gasteiger charge is -2.33. The van der Waals surface area contributed by atoms with Gasteiger partial charge in [0.05, 0.1) is 36.5 Å². The number of nitrogens with zero attached hydrogens (tertiary/aromatic N) is 2. The van der Waals surface area contributed by atoms with Crippen LogP contribution in [0.1, 0.15) is 22.8 Å². The van der Waals surface area contributed by atoms with E-state index in [0.29, 0.717) is 30.9 Å². The molecule has 1 heterocycles. The molecule has 0 unspecified atom stereocenters. The van der Waals surface area contributed by atoms with E-state index in [2.05, 4.69) is 6.07 Å². The first-order chi connectivity index (χ1) is 8.24. The molecular formula is C13H14N2O2. The van der Waals surface area contributed by atoms with Gasteiger partial charge in [-0.2, -0.15) is 5.26 Å². The van der Waals surface area contributed by atoms with E-state index in [1.807, 2.05) is 6.92 Å². The number of hydrogen-bond donors (Lipinski definition) is 0. The quantitative estimate of drug-likeness (QED) is 0.733. The SMILES string of the molecule is C[C@H]1COCCN1C(=O)c1ccccc1C#N. The van der Waals surface area contributed by atoms with E-state index in [1.54, 1.807) is 29.2 Å². The summed E-state index contributed by atoms with van der Waals surface area (Å²) >= 11 is 0. The second kappa shape index (κ2) is 4.98. The van der Waals surface area contributed by atoms with E-state index in [-0.39, 0.29) is 11.9 Å². The molecule has 1 atom stereocenters. The first-order valence-electron chi connectivity index (χ1n) is 5.62. The molecule has 1 aliphatic rings. The van der Waals surface area contributed by atoms with Gasteiger partial charge in [-0.3, -0.25) is 4.79 Å². The minimum Gasteiger partial charge on any atom is -0.377 e. The number of nitriles is 1. The molecule has 0 saturated carbocycles. The number of amides is 1. The topological polar surface area (TPSA) is 53.3 Å². The molecule has 0 spiro atoms. The van der Waals surface area contributed by atoms with Crippen molar-refractivity contribution in [2.75, 3.05) is 19.8 Å². The molecule has 1 saturated heterocycles. The first-order valence-corrected chi connectivity index (χ1v) is 5.62. The summed E-state index contributed by atoms with van der Waals surface area (Å²) in [6, 6.07) is 9.01. The Morgan fingerprint density at radius 2 is 2.29 bits per heavy atom. The third-order valence-electron chi connectivity index (χ3n) is 2.91. The van der Waals surface area contributed by atoms with E-state index in [0.717, 1.165) is 0 Å². The molecule has 0 N–H and O–H groups in total. The lowest BCUT2D eigenvalue weighted by Crippen LogP contribution is -2.47. The minimum absolute atomic E-state index is 0.0583. The van der Waals surface area contributed by atoms with Crippen molar-refractivity contribution in [1.82, 2.24) is 4.90 Å². The first kappa shape index (κ1) is 11.6. The summed E-state index contributed by atoms with van der Waals surface area (Å²) in [6.45, 7) is 3.65. The van der Waals surface area contributed by atoms with Crippen LogP contribution in [0, 0.1) is 11.3 Å². The number of rotatable bonds is 1. The number of morpholine rings is 1. The van der Waals surface area contributed by atoms with Crippen LogP contribution in [0.2, 0.25) is 0 Å². The molecule has 0 aliphatic carbocycles. The normalized spacial score (nSPS) is 19.8. The Bertz CT molecular complexity index is 465. The molecule has 1 fully saturated rings. The van der Waals surface area contributed by atoms with Crippen molar-refractivity contribution < 1.29 is 9.53 Å². The molecule has 1 aliphatic heterocycles. The molecule has 4 heteroatoms. The van der Waals surface area contributed by atoms with Gasteiger partial charge in [0.25, 0.3) is 5.91 Å². The summed E-state index contributed by atoms with van der Waals surface area (Å²) in [6.07, 6.45) is 0. The van der Waals surface area contributed by atoms with Crippen molar-refractivity contribution in [2.45, 2.75) is 13.0 Å². The Kier molecular flexibility index (Phi) is 3.40. The van der Waals surface area contributed by atoms with Gasteiger partial charge in [-0.1, -0.05) is 12.1 Å². The molecule has 2 rings (SSSR count). The Balaban J connectivity index is 2.27. The predicted octanol–water partition coefficient (Wildman–Crippen LogP) is 1.42. The minimum atomic E-state index is -0.0852. The Hall–Kier alpha value is -1.86. The van der Waals surface area contributed by atoms with Crippen molar-refractivity contribution in [3.63, 3.8) is 0 Å². The summed E-state index contributed by atoms with van der Waals surface area (Å²) in [5.74, 6) is -0.0852. The fourth-order valence-electron chi connectivity index (χ4n) is 1.95. The van der Waals surface area contributed by atoms with Gasteiger partial charge >= 0.3 is 0 Å². The van der Waals surface area contributed by atoms with Crippen molar-refractivity contribution in [3.8, 4) is 6.07 Å². The van der Waals surface area contributed by atoms with Crippen LogP contribution in [0.15, 0.2) is 24.3 Å². The standard InChI is InChI=1S/C13H14N2O2/c1-10-9-17-7-6-15(10)13(16)12-5-3-2-4-11(12)8-14/h2-5,10H,6-7,9H2,1H3/t10-/m0/s1. The summed E-state index contributed by atoms with van der Waals surface area (Å²) in [5, 5.41) is 8.99. The van der Waals surface area contributed by atoms with Crippen molar-refractivity contribution in [1.29, 1.82) is 5.26 Å². The molecule has 17 heavy (non-hydrogen) atoms. The molecular weight excluding hydrogens is 216 g/mol. The average Bonchev–Trinajstić information content (AvgIpc) is 2.38. The maximum Gasteiger partial charge on any atom is 0.255 e. The van der Waals surface area contributed by atoms with Crippen molar-refractivity contribution in [3.05, 3.63) is 35.4 Å². The van der Waals surface area contributed by atoms with Crippen LogP contribution in [0.5, 0.6) is 0 Å². The number of carbonyl (C=O) groups is 1. The van der Waals surface area contributed by atoms with E-state index >= 15 is 0 Å². The zero-order valence-electron chi connectivity index (χ0n) is 9.72. The largest absolute Gasteiger partial charge is 0.377 e. The molecule has 1 aromatic carbocycles. The lowest BCUT2D eigenvalue weighted by atomic mass is 10.1. The van der Waals surface area contributed by atoms with Crippen LogP contribution in [0.3, 0.4) is 0 Å². The number of carbonyl (C=O) groups excluding carboxylic acids is 1. The monoisotopic (exact) mass is 230 g/mol. The molecule has 1 amide bonds. The van der Waals surface area contributed by atoms with Gasteiger partial charge in [0.2, 0.25) is 0 Å². The predicted molar refractivity (Wildman–Crippen MR) is 62.5 cm³/mol. The highest BCUT2D eigenvalue weighted by atomic mass is 16.5. The maximum atomic E-state index is 12.3. The van der Waals surface area contributed by atoms with Crippen molar-refractivity contribution in [2.24, 2.45) is 0 Å². The summed E-state index contributed by atoms with van der Waals surface area (Å²) in [4.78, 5) is 14.1. The van der Waals surface area contributed by atoms with Crippen LogP contribution >= 0.6 is 0 Å². The van der Waals surface area contributed by atoms with E-state index in [1.165, 1.54) is 0 Å². The summed E-state index contributed by atoms with van der Waals surface area (Å²) in [5.41, 5.74) is 0.903. The zero-order valence-corrected chi connectivity index (χ0v) is 9.72. The highest BCUT2D eigenvalue weighted by molar-refractivity contribution is 5.96. The van der Waals surface area contributed by atoms with Gasteiger partial charge in [-0.25, -0.2) is 0 Å². The molecule has 1 aromatic rings. The molecule has 4 nitrogen and oxygen atoms in total. The molecule has 0 aromatic heterocycles. The molecule has 0 radical (unpaired) electrons. The fraction of sp³-hybridized carbons (Fsp3) is 0.385. The number of benzene rings is 1. The maximum absolute atomic E-state index is 12.3. The van der Waals surface area contributed by atoms with Crippen LogP contribution in [-0.4, -0.2) is 36.6 Å². The zero-order chi connectivity index (χ0) is 12.3. The van der Waals surface area contributed by atoms with Gasteiger partial charge in [-0.15, -0.1) is 0 Å². The number of ether oxygens (including phenoxy) is 1. The second-order valence-electron chi connectivity index (χ2n) is 4.08. The smallest absolute Gasteiger partial charge is 0.255 e. The second-order valence-corrected chi connectivity index (χ2v) is 4.08. The van der Waals surface area contributed by atoms with E-state index < -0.39 is 0 Å².